The highest BCUT2D eigenvalue weighted by Crippen LogP contribution is 2.36. The summed E-state index contributed by atoms with van der Waals surface area (Å²) in [6.45, 7) is 1.38. The molecule has 0 fully saturated rings. The third-order valence-corrected chi connectivity index (χ3v) is 6.94. The molecule has 2 unspecified atom stereocenters. The van der Waals surface area contributed by atoms with Crippen molar-refractivity contribution in [1.29, 1.82) is 0 Å². The predicted octanol–water partition coefficient (Wildman–Crippen LogP) is 2.09. The van der Waals surface area contributed by atoms with Crippen LogP contribution in [0.25, 0.3) is 5.69 Å². The number of anilines is 1. The molecule has 0 bridgehead atoms. The van der Waals surface area contributed by atoms with Crippen molar-refractivity contribution in [3.05, 3.63) is 83.9 Å². The van der Waals surface area contributed by atoms with Crippen LogP contribution in [0.2, 0.25) is 0 Å². The number of hydrogen-bond acceptors (Lipinski definition) is 6. The Kier molecular flexibility index (Phi) is 7.39. The van der Waals surface area contributed by atoms with E-state index in [4.69, 9.17) is 4.74 Å². The molecule has 2 amide bonds. The summed E-state index contributed by atoms with van der Waals surface area (Å²) >= 11 is 1.99. The Bertz CT molecular complexity index is 1520. The zero-order chi connectivity index (χ0) is 27.0. The van der Waals surface area contributed by atoms with Crippen LogP contribution in [0.15, 0.2) is 52.1 Å². The molecule has 1 aliphatic heterocycles. The van der Waals surface area contributed by atoms with E-state index in [1.807, 2.05) is 22.6 Å². The molecule has 10 nitrogen and oxygen atoms in total. The molecule has 2 heterocycles. The van der Waals surface area contributed by atoms with Crippen LogP contribution in [0.5, 0.6) is 5.75 Å². The number of halogens is 2. The van der Waals surface area contributed by atoms with Gasteiger partial charge in [-0.05, 0) is 59.8 Å². The largest absolute Gasteiger partial charge is 0.484 e. The minimum atomic E-state index is -1.04. The van der Waals surface area contributed by atoms with Gasteiger partial charge in [-0.15, -0.1) is 0 Å². The molecule has 1 aromatic heterocycles. The summed E-state index contributed by atoms with van der Waals surface area (Å²) in [5, 5.41) is 5.44. The maximum absolute atomic E-state index is 14.7. The normalized spacial score (nSPS) is 16.8. The van der Waals surface area contributed by atoms with Crippen molar-refractivity contribution < 1.29 is 18.7 Å². The Morgan fingerprint density at radius 3 is 2.54 bits per heavy atom. The van der Waals surface area contributed by atoms with Gasteiger partial charge >= 0.3 is 5.69 Å². The fraction of sp³-hybridized carbons (Fsp3) is 0.280. The van der Waals surface area contributed by atoms with Crippen LogP contribution < -0.4 is 26.6 Å². The first kappa shape index (κ1) is 26.4. The van der Waals surface area contributed by atoms with Gasteiger partial charge in [-0.2, -0.15) is 0 Å². The smallest absolute Gasteiger partial charge is 0.335 e. The molecule has 4 rings (SSSR count). The number of nitrogens with one attached hydrogen (secondary N) is 2. The van der Waals surface area contributed by atoms with Crippen LogP contribution in [0.4, 0.5) is 10.1 Å². The lowest BCUT2D eigenvalue weighted by Crippen LogP contribution is -2.52. The van der Waals surface area contributed by atoms with Crippen molar-refractivity contribution in [3.8, 4) is 11.4 Å². The monoisotopic (exact) mass is 621 g/mol. The van der Waals surface area contributed by atoms with Crippen molar-refractivity contribution in [2.75, 3.05) is 26.0 Å². The van der Waals surface area contributed by atoms with E-state index in [0.717, 1.165) is 4.57 Å². The third-order valence-electron chi connectivity index (χ3n) is 6.27. The van der Waals surface area contributed by atoms with Crippen molar-refractivity contribution in [1.82, 2.24) is 19.4 Å². The first-order valence-corrected chi connectivity index (χ1v) is 12.4. The maximum atomic E-state index is 14.7. The summed E-state index contributed by atoms with van der Waals surface area (Å²) in [4.78, 5) is 53.1. The number of benzene rings is 2. The lowest BCUT2D eigenvalue weighted by molar-refractivity contribution is -0.134. The average molecular weight is 621 g/mol. The van der Waals surface area contributed by atoms with E-state index in [-0.39, 0.29) is 35.4 Å². The van der Waals surface area contributed by atoms with E-state index in [2.05, 4.69) is 10.6 Å². The lowest BCUT2D eigenvalue weighted by Gasteiger charge is -2.39. The fourth-order valence-electron chi connectivity index (χ4n) is 4.28. The second-order valence-electron chi connectivity index (χ2n) is 8.58. The zero-order valence-electron chi connectivity index (χ0n) is 20.5. The van der Waals surface area contributed by atoms with E-state index in [1.54, 1.807) is 37.3 Å². The van der Waals surface area contributed by atoms with Crippen LogP contribution in [0, 0.1) is 9.39 Å². The van der Waals surface area contributed by atoms with Crippen LogP contribution in [-0.4, -0.2) is 46.6 Å². The average Bonchev–Trinajstić information content (AvgIpc) is 2.88. The molecule has 2 aromatic carbocycles. The number of amides is 2. The second-order valence-corrected chi connectivity index (χ2v) is 9.83. The molecular formula is C25H25FIN5O5. The molecule has 2 atom stereocenters. The van der Waals surface area contributed by atoms with Gasteiger partial charge in [-0.1, -0.05) is 6.07 Å². The standard InChI is InChI=1S/C25H25FIN5O5/c1-13-21-20(22(30(3)23(13)34)29-18-9-8-14(27)10-17(18)26)24(35)31(4)25(36)32(21)15-6-5-7-16(11-15)37-12-19(33)28-2/h5-11,13,22,29H,12H2,1-4H3,(H,28,33). The molecule has 0 aliphatic carbocycles. The first-order chi connectivity index (χ1) is 17.5. The minimum absolute atomic E-state index is 0.106. The zero-order valence-corrected chi connectivity index (χ0v) is 22.7. The van der Waals surface area contributed by atoms with Gasteiger partial charge in [0.05, 0.1) is 28.6 Å². The Balaban J connectivity index is 1.92. The number of carbonyl (C=O) groups is 2. The van der Waals surface area contributed by atoms with Crippen molar-refractivity contribution in [2.24, 2.45) is 7.05 Å². The lowest BCUT2D eigenvalue weighted by atomic mass is 9.93. The molecular weight excluding hydrogens is 596 g/mol. The highest BCUT2D eigenvalue weighted by Gasteiger charge is 2.41. The van der Waals surface area contributed by atoms with Gasteiger partial charge in [0.2, 0.25) is 5.91 Å². The molecule has 1 aliphatic rings. The summed E-state index contributed by atoms with van der Waals surface area (Å²) in [6, 6.07) is 11.0. The quantitative estimate of drug-likeness (QED) is 0.408. The van der Waals surface area contributed by atoms with Gasteiger partial charge in [0.15, 0.2) is 6.61 Å². The third kappa shape index (κ3) is 4.84. The van der Waals surface area contributed by atoms with Crippen LogP contribution in [-0.2, 0) is 16.6 Å². The fourth-order valence-corrected chi connectivity index (χ4v) is 4.74. The number of aromatic nitrogens is 2. The molecule has 0 saturated heterocycles. The van der Waals surface area contributed by atoms with Crippen molar-refractivity contribution >= 4 is 40.1 Å². The summed E-state index contributed by atoms with van der Waals surface area (Å²) in [6.07, 6.45) is -1.04. The topological polar surface area (TPSA) is 115 Å². The number of likely N-dealkylation sites (N-methyl/N-ethyl adjacent to an activating group) is 2. The second kappa shape index (κ2) is 10.4. The van der Waals surface area contributed by atoms with E-state index in [0.29, 0.717) is 15.0 Å². The van der Waals surface area contributed by atoms with Crippen LogP contribution in [0.1, 0.15) is 30.3 Å². The molecule has 37 heavy (non-hydrogen) atoms. The predicted molar refractivity (Wildman–Crippen MR) is 144 cm³/mol. The van der Waals surface area contributed by atoms with Gasteiger partial charge in [-0.3, -0.25) is 23.5 Å². The summed E-state index contributed by atoms with van der Waals surface area (Å²) in [5.41, 5.74) is -0.465. The summed E-state index contributed by atoms with van der Waals surface area (Å²) < 4.78 is 23.2. The highest BCUT2D eigenvalue weighted by atomic mass is 127. The first-order valence-electron chi connectivity index (χ1n) is 11.3. The van der Waals surface area contributed by atoms with Gasteiger partial charge in [-0.25, -0.2) is 9.18 Å². The highest BCUT2D eigenvalue weighted by molar-refractivity contribution is 14.1. The summed E-state index contributed by atoms with van der Waals surface area (Å²) in [5.74, 6) is -1.76. The van der Waals surface area contributed by atoms with E-state index in [1.165, 1.54) is 42.7 Å². The number of rotatable bonds is 6. The molecule has 12 heteroatoms. The number of ether oxygens (including phenoxy) is 1. The number of nitrogens with zero attached hydrogens (tertiary/aromatic N) is 3. The number of carbonyl (C=O) groups excluding carboxylic acids is 2. The molecule has 0 spiro atoms. The SMILES string of the molecule is CNC(=O)COc1cccc(-n2c3c(c(=O)n(C)c2=O)C(Nc2ccc(I)cc2F)N(C)C(=O)C3C)c1. The van der Waals surface area contributed by atoms with Crippen molar-refractivity contribution in [3.63, 3.8) is 0 Å². The molecule has 3 aromatic rings. The molecule has 194 valence electrons. The molecule has 0 radical (unpaired) electrons. The molecule has 2 N–H and O–H groups in total. The van der Waals surface area contributed by atoms with Crippen molar-refractivity contribution in [2.45, 2.75) is 19.0 Å². The summed E-state index contributed by atoms with van der Waals surface area (Å²) in [7, 11) is 4.35. The van der Waals surface area contributed by atoms with Gasteiger partial charge in [0.25, 0.3) is 11.5 Å². The van der Waals surface area contributed by atoms with Crippen LogP contribution in [0.3, 0.4) is 0 Å². The van der Waals surface area contributed by atoms with E-state index >= 15 is 0 Å². The number of hydrogen-bond donors (Lipinski definition) is 2. The Morgan fingerprint density at radius 2 is 1.86 bits per heavy atom. The van der Waals surface area contributed by atoms with E-state index < -0.39 is 29.1 Å². The Hall–Kier alpha value is -3.68. The van der Waals surface area contributed by atoms with E-state index in [9.17, 15) is 23.6 Å². The Labute approximate surface area is 225 Å². The Morgan fingerprint density at radius 1 is 1.14 bits per heavy atom. The number of fused-ring (bicyclic) bond motifs is 1. The van der Waals surface area contributed by atoms with Gasteiger partial charge in [0.1, 0.15) is 17.7 Å². The minimum Gasteiger partial charge on any atom is -0.484 e. The van der Waals surface area contributed by atoms with Gasteiger partial charge < -0.3 is 20.3 Å². The van der Waals surface area contributed by atoms with Gasteiger partial charge in [0, 0.05) is 30.8 Å². The van der Waals surface area contributed by atoms with Crippen LogP contribution >= 0.6 is 22.6 Å². The maximum Gasteiger partial charge on any atom is 0.335 e. The molecule has 0 saturated carbocycles.